The van der Waals surface area contributed by atoms with E-state index in [4.69, 9.17) is 0 Å². The molecule has 26 heavy (non-hydrogen) atoms. The van der Waals surface area contributed by atoms with Gasteiger partial charge in [-0.3, -0.25) is 9.78 Å². The van der Waals surface area contributed by atoms with Crippen LogP contribution in [0.2, 0.25) is 0 Å². The number of H-pyrrole nitrogens is 2. The number of carbonyl (C=O) groups excluding carboxylic acids is 1. The molecular weight excluding hydrogens is 330 g/mol. The standard InChI is InChI=1S/C19H19N5O2/c25-18(14-9-8-13-17(20-14)22-19(26)21-13)24-11-12-5-3-4-10-23(12)15-6-1-2-7-16(15)24/h1-2,6-9,12H,3-5,10-11H2,(H2,20,21,22,26). The quantitative estimate of drug-likeness (QED) is 0.706. The molecule has 1 aromatic carbocycles. The molecule has 1 saturated heterocycles. The molecule has 0 bridgehead atoms. The average molecular weight is 349 g/mol. The van der Waals surface area contributed by atoms with E-state index in [1.807, 2.05) is 23.1 Å². The van der Waals surface area contributed by atoms with Gasteiger partial charge in [0.15, 0.2) is 5.65 Å². The summed E-state index contributed by atoms with van der Waals surface area (Å²) in [6.07, 6.45) is 3.48. The Morgan fingerprint density at radius 1 is 1.08 bits per heavy atom. The molecule has 4 heterocycles. The van der Waals surface area contributed by atoms with Crippen LogP contribution in [0.25, 0.3) is 11.2 Å². The van der Waals surface area contributed by atoms with Crippen molar-refractivity contribution in [2.75, 3.05) is 22.9 Å². The number of hydrogen-bond donors (Lipinski definition) is 2. The van der Waals surface area contributed by atoms with Crippen LogP contribution in [0.3, 0.4) is 0 Å². The Balaban J connectivity index is 1.57. The predicted molar refractivity (Wildman–Crippen MR) is 99.8 cm³/mol. The lowest BCUT2D eigenvalue weighted by Gasteiger charge is -2.46. The molecule has 3 aromatic rings. The number of benzene rings is 1. The van der Waals surface area contributed by atoms with Crippen LogP contribution in [0, 0.1) is 0 Å². The van der Waals surface area contributed by atoms with Crippen molar-refractivity contribution in [1.29, 1.82) is 0 Å². The number of anilines is 2. The molecule has 7 nitrogen and oxygen atoms in total. The number of fused-ring (bicyclic) bond motifs is 4. The first-order valence-electron chi connectivity index (χ1n) is 8.97. The highest BCUT2D eigenvalue weighted by molar-refractivity contribution is 6.08. The second kappa shape index (κ2) is 5.72. The lowest BCUT2D eigenvalue weighted by Crippen LogP contribution is -2.53. The topological polar surface area (TPSA) is 85.1 Å². The van der Waals surface area contributed by atoms with E-state index in [9.17, 15) is 9.59 Å². The minimum absolute atomic E-state index is 0.133. The number of imidazole rings is 1. The lowest BCUT2D eigenvalue weighted by atomic mass is 9.96. The molecule has 5 rings (SSSR count). The van der Waals surface area contributed by atoms with Gasteiger partial charge in [0.1, 0.15) is 5.69 Å². The Kier molecular flexibility index (Phi) is 3.34. The normalized spacial score (nSPS) is 19.3. The third kappa shape index (κ3) is 2.31. The maximum absolute atomic E-state index is 13.2. The van der Waals surface area contributed by atoms with Gasteiger partial charge >= 0.3 is 5.69 Å². The number of piperidine rings is 1. The van der Waals surface area contributed by atoms with E-state index in [0.717, 1.165) is 24.3 Å². The van der Waals surface area contributed by atoms with Crippen LogP contribution in [-0.2, 0) is 0 Å². The largest absolute Gasteiger partial charge is 0.365 e. The number of para-hydroxylation sites is 2. The number of rotatable bonds is 1. The molecule has 1 amide bonds. The predicted octanol–water partition coefficient (Wildman–Crippen LogP) is 2.27. The highest BCUT2D eigenvalue weighted by Gasteiger charge is 2.35. The number of carbonyl (C=O) groups is 1. The molecule has 0 spiro atoms. The fourth-order valence-corrected chi connectivity index (χ4v) is 4.12. The second-order valence-electron chi connectivity index (χ2n) is 6.92. The zero-order chi connectivity index (χ0) is 17.7. The summed E-state index contributed by atoms with van der Waals surface area (Å²) in [7, 11) is 0. The highest BCUT2D eigenvalue weighted by Crippen LogP contribution is 2.39. The number of amides is 1. The molecule has 1 unspecified atom stereocenters. The zero-order valence-electron chi connectivity index (χ0n) is 14.2. The minimum atomic E-state index is -0.321. The summed E-state index contributed by atoms with van der Waals surface area (Å²) >= 11 is 0. The van der Waals surface area contributed by atoms with Crippen molar-refractivity contribution in [3.63, 3.8) is 0 Å². The fraction of sp³-hybridized carbons (Fsp3) is 0.316. The summed E-state index contributed by atoms with van der Waals surface area (Å²) < 4.78 is 0. The smallest absolute Gasteiger partial charge is 0.325 e. The van der Waals surface area contributed by atoms with Crippen LogP contribution < -0.4 is 15.5 Å². The third-order valence-corrected chi connectivity index (χ3v) is 5.34. The first kappa shape index (κ1) is 15.2. The second-order valence-corrected chi connectivity index (χ2v) is 6.92. The van der Waals surface area contributed by atoms with Gasteiger partial charge in [0.05, 0.1) is 16.9 Å². The van der Waals surface area contributed by atoms with Gasteiger partial charge in [-0.2, -0.15) is 0 Å². The SMILES string of the molecule is O=C(c1ccc2[nH]c(=O)[nH]c2n1)N1CC2CCCCN2c2ccccc21. The van der Waals surface area contributed by atoms with Crippen LogP contribution in [-0.4, -0.2) is 40.0 Å². The molecular formula is C19H19N5O2. The zero-order valence-corrected chi connectivity index (χ0v) is 14.2. The Morgan fingerprint density at radius 2 is 1.92 bits per heavy atom. The number of nitrogens with one attached hydrogen (secondary N) is 2. The number of nitrogens with zero attached hydrogens (tertiary/aromatic N) is 3. The average Bonchev–Trinajstić information content (AvgIpc) is 3.06. The summed E-state index contributed by atoms with van der Waals surface area (Å²) in [4.78, 5) is 38.6. The minimum Gasteiger partial charge on any atom is -0.365 e. The van der Waals surface area contributed by atoms with E-state index in [1.54, 1.807) is 12.1 Å². The summed E-state index contributed by atoms with van der Waals surface area (Å²) in [5, 5.41) is 0. The van der Waals surface area contributed by atoms with E-state index in [-0.39, 0.29) is 11.6 Å². The van der Waals surface area contributed by atoms with Crippen molar-refractivity contribution < 1.29 is 4.79 Å². The number of hydrogen-bond acceptors (Lipinski definition) is 4. The molecule has 0 aliphatic carbocycles. The first-order chi connectivity index (χ1) is 12.7. The van der Waals surface area contributed by atoms with E-state index >= 15 is 0 Å². The van der Waals surface area contributed by atoms with E-state index in [0.29, 0.717) is 29.4 Å². The van der Waals surface area contributed by atoms with Gasteiger partial charge < -0.3 is 14.8 Å². The van der Waals surface area contributed by atoms with Crippen LogP contribution in [0.4, 0.5) is 11.4 Å². The molecule has 0 radical (unpaired) electrons. The van der Waals surface area contributed by atoms with E-state index < -0.39 is 0 Å². The Hall–Kier alpha value is -3.09. The van der Waals surface area contributed by atoms with Crippen LogP contribution in [0.15, 0.2) is 41.2 Å². The van der Waals surface area contributed by atoms with Gasteiger partial charge in [-0.1, -0.05) is 12.1 Å². The maximum atomic E-state index is 13.2. The first-order valence-corrected chi connectivity index (χ1v) is 8.97. The molecule has 2 aromatic heterocycles. The monoisotopic (exact) mass is 349 g/mol. The van der Waals surface area contributed by atoms with Crippen molar-refractivity contribution >= 4 is 28.4 Å². The van der Waals surface area contributed by atoms with Crippen LogP contribution in [0.1, 0.15) is 29.8 Å². The van der Waals surface area contributed by atoms with E-state index in [1.165, 1.54) is 12.8 Å². The van der Waals surface area contributed by atoms with Gasteiger partial charge in [-0.05, 0) is 43.5 Å². The van der Waals surface area contributed by atoms with Gasteiger partial charge in [0.25, 0.3) is 5.91 Å². The summed E-state index contributed by atoms with van der Waals surface area (Å²) in [5.41, 5.74) is 3.08. The van der Waals surface area contributed by atoms with Gasteiger partial charge in [-0.25, -0.2) is 9.78 Å². The Morgan fingerprint density at radius 3 is 2.81 bits per heavy atom. The van der Waals surface area contributed by atoms with Crippen molar-refractivity contribution in [3.8, 4) is 0 Å². The van der Waals surface area contributed by atoms with Crippen molar-refractivity contribution in [1.82, 2.24) is 15.0 Å². The Labute approximate surface area is 149 Å². The van der Waals surface area contributed by atoms with Crippen LogP contribution >= 0.6 is 0 Å². The number of aromatic nitrogens is 3. The molecule has 2 aliphatic rings. The lowest BCUT2D eigenvalue weighted by molar-refractivity contribution is 0.0978. The number of aromatic amines is 2. The maximum Gasteiger partial charge on any atom is 0.325 e. The molecule has 7 heteroatoms. The molecule has 1 fully saturated rings. The van der Waals surface area contributed by atoms with Crippen molar-refractivity contribution in [3.05, 3.63) is 52.6 Å². The van der Waals surface area contributed by atoms with Gasteiger partial charge in [0.2, 0.25) is 0 Å². The third-order valence-electron chi connectivity index (χ3n) is 5.34. The van der Waals surface area contributed by atoms with Gasteiger partial charge in [-0.15, -0.1) is 0 Å². The van der Waals surface area contributed by atoms with Crippen molar-refractivity contribution in [2.45, 2.75) is 25.3 Å². The summed E-state index contributed by atoms with van der Waals surface area (Å²) in [6, 6.07) is 11.8. The van der Waals surface area contributed by atoms with E-state index in [2.05, 4.69) is 25.9 Å². The Bertz CT molecular complexity index is 1050. The highest BCUT2D eigenvalue weighted by atomic mass is 16.2. The molecule has 132 valence electrons. The fourth-order valence-electron chi connectivity index (χ4n) is 4.12. The molecule has 1 atom stereocenters. The molecule has 2 N–H and O–H groups in total. The summed E-state index contributed by atoms with van der Waals surface area (Å²) in [5.74, 6) is -0.133. The molecule has 2 aliphatic heterocycles. The number of pyridine rings is 1. The van der Waals surface area contributed by atoms with Crippen molar-refractivity contribution in [2.24, 2.45) is 0 Å². The molecule has 0 saturated carbocycles. The van der Waals surface area contributed by atoms with Gasteiger partial charge in [0, 0.05) is 19.1 Å². The summed E-state index contributed by atoms with van der Waals surface area (Å²) in [6.45, 7) is 1.71. The van der Waals surface area contributed by atoms with Crippen LogP contribution in [0.5, 0.6) is 0 Å².